The van der Waals surface area contributed by atoms with Crippen LogP contribution < -0.4 is 0 Å². The summed E-state index contributed by atoms with van der Waals surface area (Å²) in [5, 5.41) is 0. The van der Waals surface area contributed by atoms with Crippen LogP contribution in [0.2, 0.25) is 0 Å². The number of amides is 1. The molecule has 0 spiro atoms. The molecule has 220 valence electrons. The summed E-state index contributed by atoms with van der Waals surface area (Å²) in [5.41, 5.74) is -1.44. The van der Waals surface area contributed by atoms with Gasteiger partial charge in [-0.1, -0.05) is 57.2 Å². The van der Waals surface area contributed by atoms with E-state index in [0.717, 1.165) is 23.2 Å². The second kappa shape index (κ2) is 13.1. The van der Waals surface area contributed by atoms with Crippen LogP contribution in [0.25, 0.3) is 0 Å². The summed E-state index contributed by atoms with van der Waals surface area (Å²) < 4.78 is 55.3. The number of pyridine rings is 1. The molecule has 0 aliphatic heterocycles. The maximum Gasteiger partial charge on any atom is 0.433 e. The lowest BCUT2D eigenvalue weighted by molar-refractivity contribution is -0.172. The number of alkyl halides is 3. The fourth-order valence-corrected chi connectivity index (χ4v) is 3.56. The van der Waals surface area contributed by atoms with Crippen molar-refractivity contribution in [1.29, 1.82) is 0 Å². The van der Waals surface area contributed by atoms with Crippen LogP contribution in [0.15, 0.2) is 48.7 Å². The first-order valence-electron chi connectivity index (χ1n) is 12.7. The number of rotatable bonds is 9. The Kier molecular flexibility index (Phi) is 10.7. The maximum atomic E-state index is 13.5. The predicted molar refractivity (Wildman–Crippen MR) is 141 cm³/mol. The Labute approximate surface area is 232 Å². The van der Waals surface area contributed by atoms with Gasteiger partial charge in [-0.25, -0.2) is 14.4 Å². The van der Waals surface area contributed by atoms with Gasteiger partial charge >= 0.3 is 24.2 Å². The molecule has 0 saturated carbocycles. The summed E-state index contributed by atoms with van der Waals surface area (Å²) in [5.74, 6) is -1.78. The number of ether oxygens (including phenoxy) is 3. The lowest BCUT2D eigenvalue weighted by Crippen LogP contribution is -2.48. The van der Waals surface area contributed by atoms with E-state index in [-0.39, 0.29) is 25.0 Å². The van der Waals surface area contributed by atoms with Gasteiger partial charge in [-0.3, -0.25) is 9.88 Å². The highest BCUT2D eigenvalue weighted by atomic mass is 19.4. The van der Waals surface area contributed by atoms with E-state index in [1.807, 2.05) is 20.8 Å². The van der Waals surface area contributed by atoms with E-state index in [2.05, 4.69) is 4.98 Å². The Hall–Kier alpha value is -3.63. The molecule has 2 rings (SSSR count). The standard InChI is InChI=1S/C29H37F3N2O6/c1-27(2,3)16-21(34(7)26(37)40-28(4,5)6)24(35)39-22(25(36)38-18-19-11-9-8-10-12-19)15-20-13-14-23(33-17-20)29(30,31)32/h8-14,17,21-22H,15-16,18H2,1-7H3/t21-,22+/m0/s1. The molecule has 0 aliphatic rings. The van der Waals surface area contributed by atoms with Crippen molar-refractivity contribution < 1.29 is 41.8 Å². The summed E-state index contributed by atoms with van der Waals surface area (Å²) in [4.78, 5) is 43.8. The van der Waals surface area contributed by atoms with Crippen LogP contribution in [-0.2, 0) is 43.0 Å². The van der Waals surface area contributed by atoms with Gasteiger partial charge < -0.3 is 14.2 Å². The van der Waals surface area contributed by atoms with Crippen molar-refractivity contribution >= 4 is 18.0 Å². The van der Waals surface area contributed by atoms with E-state index in [9.17, 15) is 27.6 Å². The van der Waals surface area contributed by atoms with Crippen molar-refractivity contribution in [1.82, 2.24) is 9.88 Å². The van der Waals surface area contributed by atoms with Crippen molar-refractivity contribution in [3.63, 3.8) is 0 Å². The largest absolute Gasteiger partial charge is 0.458 e. The summed E-state index contributed by atoms with van der Waals surface area (Å²) in [6.45, 7) is 10.6. The van der Waals surface area contributed by atoms with Crippen LogP contribution in [-0.4, -0.2) is 52.7 Å². The summed E-state index contributed by atoms with van der Waals surface area (Å²) in [7, 11) is 1.40. The number of aromatic nitrogens is 1. The molecule has 0 N–H and O–H groups in total. The molecule has 1 heterocycles. The van der Waals surface area contributed by atoms with E-state index in [0.29, 0.717) is 5.56 Å². The zero-order chi connectivity index (χ0) is 30.3. The van der Waals surface area contributed by atoms with Crippen LogP contribution in [0.3, 0.4) is 0 Å². The molecule has 1 aromatic heterocycles. The Morgan fingerprint density at radius 3 is 2.02 bits per heavy atom. The van der Waals surface area contributed by atoms with Crippen molar-refractivity contribution in [3.8, 4) is 0 Å². The first kappa shape index (κ1) is 32.6. The molecule has 40 heavy (non-hydrogen) atoms. The van der Waals surface area contributed by atoms with Crippen LogP contribution in [0.4, 0.5) is 18.0 Å². The van der Waals surface area contributed by atoms with Gasteiger partial charge in [0.25, 0.3) is 0 Å². The van der Waals surface area contributed by atoms with E-state index >= 15 is 0 Å². The Morgan fingerprint density at radius 2 is 1.52 bits per heavy atom. The van der Waals surface area contributed by atoms with Gasteiger partial charge in [0.1, 0.15) is 23.9 Å². The summed E-state index contributed by atoms with van der Waals surface area (Å²) >= 11 is 0. The quantitative estimate of drug-likeness (QED) is 0.273. The number of esters is 2. The molecule has 0 saturated heterocycles. The lowest BCUT2D eigenvalue weighted by atomic mass is 9.87. The Morgan fingerprint density at radius 1 is 0.900 bits per heavy atom. The van der Waals surface area contributed by atoms with Crippen molar-refractivity contribution in [2.24, 2.45) is 5.41 Å². The maximum absolute atomic E-state index is 13.5. The fourth-order valence-electron chi connectivity index (χ4n) is 3.56. The highest BCUT2D eigenvalue weighted by molar-refractivity contribution is 5.85. The number of hydrogen-bond donors (Lipinski definition) is 0. The first-order valence-corrected chi connectivity index (χ1v) is 12.7. The third-order valence-corrected chi connectivity index (χ3v) is 5.51. The molecule has 0 fully saturated rings. The van der Waals surface area contributed by atoms with E-state index in [1.54, 1.807) is 51.1 Å². The predicted octanol–water partition coefficient (Wildman–Crippen LogP) is 5.97. The first-order chi connectivity index (χ1) is 18.4. The van der Waals surface area contributed by atoms with Gasteiger partial charge in [0.05, 0.1) is 0 Å². The molecular weight excluding hydrogens is 529 g/mol. The van der Waals surface area contributed by atoms with E-state index in [4.69, 9.17) is 14.2 Å². The van der Waals surface area contributed by atoms with Gasteiger partial charge in [-0.2, -0.15) is 13.2 Å². The summed E-state index contributed by atoms with van der Waals surface area (Å²) in [6.07, 6.45) is -6.05. The molecule has 0 aliphatic carbocycles. The second-order valence-electron chi connectivity index (χ2n) is 11.6. The third kappa shape index (κ3) is 10.9. The van der Waals surface area contributed by atoms with Crippen LogP contribution in [0, 0.1) is 5.41 Å². The average Bonchev–Trinajstić information content (AvgIpc) is 2.83. The van der Waals surface area contributed by atoms with Crippen molar-refractivity contribution in [2.75, 3.05) is 7.05 Å². The zero-order valence-electron chi connectivity index (χ0n) is 23.9. The molecule has 11 heteroatoms. The van der Waals surface area contributed by atoms with Gasteiger partial charge in [0.2, 0.25) is 6.10 Å². The Balaban J connectivity index is 2.32. The van der Waals surface area contributed by atoms with Crippen molar-refractivity contribution in [2.45, 2.75) is 84.9 Å². The van der Waals surface area contributed by atoms with Gasteiger partial charge in [-0.05, 0) is 49.8 Å². The second-order valence-corrected chi connectivity index (χ2v) is 11.6. The Bertz CT molecular complexity index is 1140. The van der Waals surface area contributed by atoms with Crippen LogP contribution in [0.1, 0.15) is 64.8 Å². The van der Waals surface area contributed by atoms with Gasteiger partial charge in [-0.15, -0.1) is 0 Å². The highest BCUT2D eigenvalue weighted by Gasteiger charge is 2.37. The molecule has 0 radical (unpaired) electrons. The zero-order valence-corrected chi connectivity index (χ0v) is 23.9. The van der Waals surface area contributed by atoms with E-state index < -0.39 is 53.1 Å². The number of nitrogens with zero attached hydrogens (tertiary/aromatic N) is 2. The molecular formula is C29H37F3N2O6. The molecule has 1 aromatic carbocycles. The number of hydrogen-bond acceptors (Lipinski definition) is 7. The molecule has 1 amide bonds. The van der Waals surface area contributed by atoms with Crippen LogP contribution >= 0.6 is 0 Å². The fraction of sp³-hybridized carbons (Fsp3) is 0.517. The number of likely N-dealkylation sites (N-methyl/N-ethyl adjacent to an activating group) is 1. The van der Waals surface area contributed by atoms with E-state index in [1.165, 1.54) is 7.05 Å². The molecule has 0 bridgehead atoms. The van der Waals surface area contributed by atoms with Crippen LogP contribution in [0.5, 0.6) is 0 Å². The minimum absolute atomic E-state index is 0.109. The molecule has 8 nitrogen and oxygen atoms in total. The number of benzene rings is 1. The smallest absolute Gasteiger partial charge is 0.433 e. The third-order valence-electron chi connectivity index (χ3n) is 5.51. The summed E-state index contributed by atoms with van der Waals surface area (Å²) in [6, 6.07) is 9.61. The molecule has 2 aromatic rings. The minimum atomic E-state index is -4.63. The SMILES string of the molecule is CN(C(=O)OC(C)(C)C)[C@@H](CC(C)(C)C)C(=O)O[C@H](Cc1ccc(C(F)(F)F)nc1)C(=O)OCc1ccccc1. The van der Waals surface area contributed by atoms with Gasteiger partial charge in [0.15, 0.2) is 0 Å². The van der Waals surface area contributed by atoms with Crippen molar-refractivity contribution in [3.05, 3.63) is 65.5 Å². The highest BCUT2D eigenvalue weighted by Crippen LogP contribution is 2.28. The topological polar surface area (TPSA) is 95.0 Å². The monoisotopic (exact) mass is 566 g/mol. The lowest BCUT2D eigenvalue weighted by Gasteiger charge is -2.33. The van der Waals surface area contributed by atoms with Gasteiger partial charge in [0, 0.05) is 19.7 Å². The minimum Gasteiger partial charge on any atom is -0.458 e. The normalized spacial score (nSPS) is 13.7. The number of halogens is 3. The molecule has 0 unspecified atom stereocenters. The number of carbonyl (C=O) groups excluding carboxylic acids is 3. The number of carbonyl (C=O) groups is 3. The average molecular weight is 567 g/mol. The molecule has 2 atom stereocenters.